The van der Waals surface area contributed by atoms with E-state index in [0.717, 1.165) is 43.0 Å². The van der Waals surface area contributed by atoms with Crippen LogP contribution in [-0.4, -0.2) is 26.5 Å². The number of hydrogen-bond acceptors (Lipinski definition) is 3. The SMILES string of the molecule is CCn1ccnc1CN(C)Cc1cc2c([nH]c1=O)CCCC2. The molecule has 5 nitrogen and oxygen atoms in total. The van der Waals surface area contributed by atoms with Crippen molar-refractivity contribution in [2.75, 3.05) is 7.05 Å². The van der Waals surface area contributed by atoms with E-state index in [0.29, 0.717) is 6.54 Å². The highest BCUT2D eigenvalue weighted by molar-refractivity contribution is 5.27. The van der Waals surface area contributed by atoms with Gasteiger partial charge in [-0.2, -0.15) is 0 Å². The topological polar surface area (TPSA) is 53.9 Å². The first-order valence-electron chi connectivity index (χ1n) is 8.10. The Labute approximate surface area is 131 Å². The Kier molecular flexibility index (Phi) is 4.43. The van der Waals surface area contributed by atoms with Crippen LogP contribution in [0.5, 0.6) is 0 Å². The maximum atomic E-state index is 12.2. The minimum Gasteiger partial charge on any atom is -0.334 e. The molecular weight excluding hydrogens is 276 g/mol. The third-order valence-electron chi connectivity index (χ3n) is 4.41. The average molecular weight is 300 g/mol. The van der Waals surface area contributed by atoms with E-state index < -0.39 is 0 Å². The lowest BCUT2D eigenvalue weighted by Gasteiger charge is -2.19. The van der Waals surface area contributed by atoms with Crippen LogP contribution in [-0.2, 0) is 32.5 Å². The molecule has 2 heterocycles. The van der Waals surface area contributed by atoms with Gasteiger partial charge in [0.25, 0.3) is 5.56 Å². The zero-order chi connectivity index (χ0) is 15.5. The summed E-state index contributed by atoms with van der Waals surface area (Å²) in [6.07, 6.45) is 8.33. The van der Waals surface area contributed by atoms with Crippen molar-refractivity contribution >= 4 is 0 Å². The lowest BCUT2D eigenvalue weighted by atomic mass is 9.95. The molecular formula is C17H24N4O. The predicted molar refractivity (Wildman–Crippen MR) is 86.8 cm³/mol. The fraction of sp³-hybridized carbons (Fsp3) is 0.529. The van der Waals surface area contributed by atoms with Gasteiger partial charge >= 0.3 is 0 Å². The highest BCUT2D eigenvalue weighted by atomic mass is 16.1. The van der Waals surface area contributed by atoms with E-state index in [4.69, 9.17) is 0 Å². The van der Waals surface area contributed by atoms with E-state index >= 15 is 0 Å². The molecule has 2 aromatic rings. The smallest absolute Gasteiger partial charge is 0.252 e. The number of hydrogen-bond donors (Lipinski definition) is 1. The Morgan fingerprint density at radius 3 is 2.95 bits per heavy atom. The average Bonchev–Trinajstić information content (AvgIpc) is 2.95. The number of nitrogens with zero attached hydrogens (tertiary/aromatic N) is 3. The molecule has 1 aliphatic carbocycles. The monoisotopic (exact) mass is 300 g/mol. The molecule has 0 bridgehead atoms. The highest BCUT2D eigenvalue weighted by Gasteiger charge is 2.14. The molecule has 1 N–H and O–H groups in total. The Hall–Kier alpha value is -1.88. The molecule has 0 unspecified atom stereocenters. The third-order valence-corrected chi connectivity index (χ3v) is 4.41. The Balaban J connectivity index is 1.74. The number of nitrogens with one attached hydrogen (secondary N) is 1. The van der Waals surface area contributed by atoms with E-state index in [1.54, 1.807) is 0 Å². The molecule has 2 aromatic heterocycles. The van der Waals surface area contributed by atoms with E-state index in [-0.39, 0.29) is 5.56 Å². The van der Waals surface area contributed by atoms with Crippen LogP contribution in [0.4, 0.5) is 0 Å². The summed E-state index contributed by atoms with van der Waals surface area (Å²) in [6, 6.07) is 2.11. The summed E-state index contributed by atoms with van der Waals surface area (Å²) in [5, 5.41) is 0. The number of imidazole rings is 1. The van der Waals surface area contributed by atoms with Crippen molar-refractivity contribution in [1.29, 1.82) is 0 Å². The standard InChI is InChI=1S/C17H24N4O/c1-3-21-9-8-18-16(21)12-20(2)11-14-10-13-6-4-5-7-15(13)19-17(14)22/h8-10H,3-7,11-12H2,1-2H3,(H,19,22). The second-order valence-electron chi connectivity index (χ2n) is 6.14. The van der Waals surface area contributed by atoms with Crippen molar-refractivity contribution in [3.05, 3.63) is 51.5 Å². The van der Waals surface area contributed by atoms with Gasteiger partial charge in [-0.05, 0) is 51.3 Å². The van der Waals surface area contributed by atoms with Gasteiger partial charge in [0.15, 0.2) is 0 Å². The van der Waals surface area contributed by atoms with Crippen LogP contribution < -0.4 is 5.56 Å². The van der Waals surface area contributed by atoms with E-state index in [1.807, 2.05) is 19.4 Å². The first-order valence-corrected chi connectivity index (χ1v) is 8.10. The Morgan fingerprint density at radius 2 is 2.14 bits per heavy atom. The second-order valence-corrected chi connectivity index (χ2v) is 6.14. The number of aromatic amines is 1. The molecule has 5 heteroatoms. The van der Waals surface area contributed by atoms with Gasteiger partial charge in [0.1, 0.15) is 5.82 Å². The maximum absolute atomic E-state index is 12.2. The first kappa shape index (κ1) is 15.0. The van der Waals surface area contributed by atoms with Crippen molar-refractivity contribution in [3.8, 4) is 0 Å². The number of rotatable bonds is 5. The molecule has 0 saturated heterocycles. The van der Waals surface area contributed by atoms with Gasteiger partial charge in [-0.1, -0.05) is 0 Å². The molecule has 0 saturated carbocycles. The Morgan fingerprint density at radius 1 is 1.32 bits per heavy atom. The molecule has 0 spiro atoms. The summed E-state index contributed by atoms with van der Waals surface area (Å²) in [6.45, 7) is 4.43. The summed E-state index contributed by atoms with van der Waals surface area (Å²) in [5.41, 5.74) is 3.39. The predicted octanol–water partition coefficient (Wildman–Crippen LogP) is 2.10. The molecule has 0 fully saturated rings. The van der Waals surface area contributed by atoms with Crippen molar-refractivity contribution in [2.45, 2.75) is 52.2 Å². The lowest BCUT2D eigenvalue weighted by Crippen LogP contribution is -2.26. The summed E-state index contributed by atoms with van der Waals surface area (Å²) >= 11 is 0. The fourth-order valence-electron chi connectivity index (χ4n) is 3.21. The molecule has 0 amide bonds. The van der Waals surface area contributed by atoms with Crippen LogP contribution in [0, 0.1) is 0 Å². The van der Waals surface area contributed by atoms with Crippen molar-refractivity contribution in [3.63, 3.8) is 0 Å². The minimum absolute atomic E-state index is 0.0614. The molecule has 3 rings (SSSR count). The van der Waals surface area contributed by atoms with Crippen molar-refractivity contribution in [2.24, 2.45) is 0 Å². The molecule has 22 heavy (non-hydrogen) atoms. The summed E-state index contributed by atoms with van der Waals surface area (Å²) in [5.74, 6) is 1.04. The molecule has 1 aliphatic rings. The van der Waals surface area contributed by atoms with Gasteiger partial charge in [-0.15, -0.1) is 0 Å². The summed E-state index contributed by atoms with van der Waals surface area (Å²) in [4.78, 5) is 21.9. The number of H-pyrrole nitrogens is 1. The molecule has 118 valence electrons. The maximum Gasteiger partial charge on any atom is 0.252 e. The fourth-order valence-corrected chi connectivity index (χ4v) is 3.21. The van der Waals surface area contributed by atoms with Gasteiger partial charge in [-0.25, -0.2) is 4.98 Å². The van der Waals surface area contributed by atoms with Crippen molar-refractivity contribution in [1.82, 2.24) is 19.4 Å². The summed E-state index contributed by atoms with van der Waals surface area (Å²) < 4.78 is 2.13. The van der Waals surface area contributed by atoms with Crippen LogP contribution in [0.2, 0.25) is 0 Å². The van der Waals surface area contributed by atoms with Crippen LogP contribution >= 0.6 is 0 Å². The van der Waals surface area contributed by atoms with Gasteiger partial charge < -0.3 is 9.55 Å². The molecule has 0 aromatic carbocycles. The number of fused-ring (bicyclic) bond motifs is 1. The molecule has 0 atom stereocenters. The van der Waals surface area contributed by atoms with Crippen LogP contribution in [0.1, 0.15) is 42.4 Å². The van der Waals surface area contributed by atoms with E-state index in [9.17, 15) is 4.79 Å². The van der Waals surface area contributed by atoms with Gasteiger partial charge in [0.05, 0.1) is 6.54 Å². The molecule has 0 aliphatic heterocycles. The largest absolute Gasteiger partial charge is 0.334 e. The zero-order valence-electron chi connectivity index (χ0n) is 13.4. The van der Waals surface area contributed by atoms with Crippen LogP contribution in [0.25, 0.3) is 0 Å². The van der Waals surface area contributed by atoms with Crippen LogP contribution in [0.15, 0.2) is 23.3 Å². The quantitative estimate of drug-likeness (QED) is 0.920. The second kappa shape index (κ2) is 6.48. The molecule has 0 radical (unpaired) electrons. The lowest BCUT2D eigenvalue weighted by molar-refractivity contribution is 0.304. The zero-order valence-corrected chi connectivity index (χ0v) is 13.4. The van der Waals surface area contributed by atoms with Gasteiger partial charge in [0.2, 0.25) is 0 Å². The number of aromatic nitrogens is 3. The van der Waals surface area contributed by atoms with Crippen LogP contribution in [0.3, 0.4) is 0 Å². The Bertz CT molecular complexity index is 701. The normalized spacial score (nSPS) is 14.3. The van der Waals surface area contributed by atoms with Gasteiger partial charge in [-0.3, -0.25) is 9.69 Å². The third kappa shape index (κ3) is 3.14. The van der Waals surface area contributed by atoms with Crippen molar-refractivity contribution < 1.29 is 0 Å². The van der Waals surface area contributed by atoms with E-state index in [2.05, 4.69) is 32.4 Å². The highest BCUT2D eigenvalue weighted by Crippen LogP contribution is 2.19. The summed E-state index contributed by atoms with van der Waals surface area (Å²) in [7, 11) is 2.04. The number of pyridine rings is 1. The van der Waals surface area contributed by atoms with Gasteiger partial charge in [0, 0.05) is 36.7 Å². The minimum atomic E-state index is 0.0614. The van der Waals surface area contributed by atoms with E-state index in [1.165, 1.54) is 18.4 Å². The number of aryl methyl sites for hydroxylation is 3. The first-order chi connectivity index (χ1) is 10.7.